The Morgan fingerprint density at radius 3 is 2.50 bits per heavy atom. The van der Waals surface area contributed by atoms with E-state index in [0.717, 1.165) is 12.8 Å². The average Bonchev–Trinajstić information content (AvgIpc) is 1.64. The molecule has 0 amide bonds. The molecular weight excluding hydrogens is 118 g/mol. The van der Waals surface area contributed by atoms with Crippen LogP contribution in [0.3, 0.4) is 0 Å². The second-order valence-corrected chi connectivity index (χ2v) is 3.14. The zero-order valence-corrected chi connectivity index (χ0v) is 5.69. The van der Waals surface area contributed by atoms with E-state index in [1.807, 2.05) is 0 Å². The van der Waals surface area contributed by atoms with Gasteiger partial charge in [-0.2, -0.15) is 0 Å². The van der Waals surface area contributed by atoms with Crippen molar-refractivity contribution in [2.24, 2.45) is 0 Å². The first-order valence-electron chi connectivity index (χ1n) is 3.18. The fourth-order valence-electron chi connectivity index (χ4n) is 1.17. The molecule has 0 aromatic rings. The molecule has 1 saturated carbocycles. The van der Waals surface area contributed by atoms with E-state index in [0.29, 0.717) is 11.2 Å². The topological polar surface area (TPSA) is 0 Å². The van der Waals surface area contributed by atoms with Gasteiger partial charge in [-0.1, -0.05) is 18.7 Å². The second kappa shape index (κ2) is 2.77. The van der Waals surface area contributed by atoms with Crippen LogP contribution in [0.1, 0.15) is 25.7 Å². The minimum Gasteiger partial charge on any atom is -0.123 e. The van der Waals surface area contributed by atoms with Gasteiger partial charge in [0.15, 0.2) is 0 Å². The number of alkyl halides is 1. The van der Waals surface area contributed by atoms with Crippen LogP contribution < -0.4 is 0 Å². The quantitative estimate of drug-likeness (QED) is 0.346. The molecule has 1 fully saturated rings. The average molecular weight is 128 g/mol. The molecule has 1 aliphatic carbocycles. The normalized spacial score (nSPS) is 39.6. The van der Waals surface area contributed by atoms with Gasteiger partial charge in [0.2, 0.25) is 0 Å². The summed E-state index contributed by atoms with van der Waals surface area (Å²) in [4.78, 5) is 0. The Morgan fingerprint density at radius 1 is 1.38 bits per heavy atom. The Kier molecular flexibility index (Phi) is 2.24. The molecule has 0 heterocycles. The van der Waals surface area contributed by atoms with Gasteiger partial charge < -0.3 is 0 Å². The smallest absolute Gasteiger partial charge is 0.0700 e. The Bertz CT molecular complexity index is 66.9. The highest BCUT2D eigenvalue weighted by molar-refractivity contribution is 6.21. The fourth-order valence-corrected chi connectivity index (χ4v) is 1.55. The summed E-state index contributed by atoms with van der Waals surface area (Å²) in [6, 6.07) is 0. The van der Waals surface area contributed by atoms with Crippen molar-refractivity contribution < 1.29 is 0 Å². The summed E-state index contributed by atoms with van der Waals surface area (Å²) in [5.74, 6) is 0.381. The molecule has 0 aromatic carbocycles. The van der Waals surface area contributed by atoms with E-state index in [1.165, 1.54) is 12.8 Å². The Hall–Kier alpha value is 0.355. The fraction of sp³-hybridized carbons (Fsp3) is 1.00. The van der Waals surface area contributed by atoms with Gasteiger partial charge in [-0.3, -0.25) is 0 Å². The molecule has 0 nitrogen and oxygen atoms in total. The Balaban J connectivity index is 2.23. The van der Waals surface area contributed by atoms with Crippen molar-refractivity contribution in [1.82, 2.24) is 0 Å². The van der Waals surface area contributed by atoms with Crippen molar-refractivity contribution >= 4 is 19.4 Å². The van der Waals surface area contributed by atoms with Crippen LogP contribution in [-0.4, -0.2) is 13.2 Å². The molecule has 0 aromatic heterocycles. The molecule has 2 atom stereocenters. The highest BCUT2D eigenvalue weighted by Crippen LogP contribution is 2.29. The lowest BCUT2D eigenvalue weighted by atomic mass is 9.75. The summed E-state index contributed by atoms with van der Waals surface area (Å²) in [5, 5.41) is 0.360. The standard InChI is InChI=1S/C6H10BCl/c7-5-2-1-3-6(8)4-5/h5-6H,1-4H2/t5-,6-/m1/s1. The number of hydrogen-bond acceptors (Lipinski definition) is 0. The minimum absolute atomic E-state index is 0.360. The van der Waals surface area contributed by atoms with Gasteiger partial charge in [0.1, 0.15) is 0 Å². The lowest BCUT2D eigenvalue weighted by Gasteiger charge is -2.21. The van der Waals surface area contributed by atoms with Gasteiger partial charge in [-0.05, 0) is 12.8 Å². The third-order valence-electron chi connectivity index (χ3n) is 1.65. The van der Waals surface area contributed by atoms with Crippen LogP contribution in [0.5, 0.6) is 0 Å². The maximum absolute atomic E-state index is 5.83. The molecule has 0 N–H and O–H groups in total. The summed E-state index contributed by atoms with van der Waals surface area (Å²) in [5.41, 5.74) is 0. The SMILES string of the molecule is [B][C@@H]1CCC[C@@H](Cl)C1. The molecule has 44 valence electrons. The largest absolute Gasteiger partial charge is 0.123 e. The van der Waals surface area contributed by atoms with Gasteiger partial charge in [-0.15, -0.1) is 11.6 Å². The molecular formula is C6H10BCl. The van der Waals surface area contributed by atoms with Crippen LogP contribution in [0.4, 0.5) is 0 Å². The van der Waals surface area contributed by atoms with Crippen molar-refractivity contribution in [3.63, 3.8) is 0 Å². The first-order chi connectivity index (χ1) is 3.79. The van der Waals surface area contributed by atoms with Crippen LogP contribution >= 0.6 is 11.6 Å². The van der Waals surface area contributed by atoms with E-state index >= 15 is 0 Å². The van der Waals surface area contributed by atoms with Gasteiger partial charge in [-0.25, -0.2) is 0 Å². The van der Waals surface area contributed by atoms with Crippen molar-refractivity contribution in [2.45, 2.75) is 36.9 Å². The highest BCUT2D eigenvalue weighted by atomic mass is 35.5. The Labute approximate surface area is 57.0 Å². The third kappa shape index (κ3) is 1.70. The summed E-state index contributed by atoms with van der Waals surface area (Å²) in [6.45, 7) is 0. The zero-order chi connectivity index (χ0) is 5.98. The van der Waals surface area contributed by atoms with Crippen LogP contribution in [0.15, 0.2) is 0 Å². The van der Waals surface area contributed by atoms with E-state index in [2.05, 4.69) is 0 Å². The first kappa shape index (κ1) is 6.47. The molecule has 0 unspecified atom stereocenters. The van der Waals surface area contributed by atoms with E-state index in [1.54, 1.807) is 0 Å². The van der Waals surface area contributed by atoms with Crippen molar-refractivity contribution in [3.8, 4) is 0 Å². The molecule has 2 heteroatoms. The summed E-state index contributed by atoms with van der Waals surface area (Å²) in [6.07, 6.45) is 4.56. The molecule has 1 aliphatic rings. The predicted octanol–water partition coefficient (Wildman–Crippen LogP) is 2.12. The number of hydrogen-bond donors (Lipinski definition) is 0. The van der Waals surface area contributed by atoms with E-state index in [9.17, 15) is 0 Å². The maximum Gasteiger partial charge on any atom is 0.0700 e. The lowest BCUT2D eigenvalue weighted by molar-refractivity contribution is 0.511. The van der Waals surface area contributed by atoms with Crippen LogP contribution in [0.25, 0.3) is 0 Å². The molecule has 0 spiro atoms. The van der Waals surface area contributed by atoms with Gasteiger partial charge in [0, 0.05) is 5.38 Å². The van der Waals surface area contributed by atoms with Crippen LogP contribution in [0, 0.1) is 0 Å². The monoisotopic (exact) mass is 128 g/mol. The molecule has 1 rings (SSSR count). The van der Waals surface area contributed by atoms with Crippen molar-refractivity contribution in [2.75, 3.05) is 0 Å². The predicted molar refractivity (Wildman–Crippen MR) is 37.6 cm³/mol. The molecule has 0 aliphatic heterocycles. The highest BCUT2D eigenvalue weighted by Gasteiger charge is 2.15. The number of halogens is 1. The number of rotatable bonds is 0. The summed E-state index contributed by atoms with van der Waals surface area (Å²) in [7, 11) is 5.64. The minimum atomic E-state index is 0.360. The van der Waals surface area contributed by atoms with E-state index < -0.39 is 0 Å². The van der Waals surface area contributed by atoms with Gasteiger partial charge in [0.25, 0.3) is 0 Å². The maximum atomic E-state index is 5.83. The third-order valence-corrected chi connectivity index (χ3v) is 2.05. The van der Waals surface area contributed by atoms with Crippen molar-refractivity contribution in [3.05, 3.63) is 0 Å². The van der Waals surface area contributed by atoms with E-state index in [-0.39, 0.29) is 0 Å². The molecule has 8 heavy (non-hydrogen) atoms. The molecule has 2 radical (unpaired) electrons. The first-order valence-corrected chi connectivity index (χ1v) is 3.62. The van der Waals surface area contributed by atoms with Crippen LogP contribution in [-0.2, 0) is 0 Å². The zero-order valence-electron chi connectivity index (χ0n) is 4.94. The summed E-state index contributed by atoms with van der Waals surface area (Å²) >= 11 is 5.83. The van der Waals surface area contributed by atoms with Crippen molar-refractivity contribution in [1.29, 1.82) is 0 Å². The molecule has 0 bridgehead atoms. The van der Waals surface area contributed by atoms with Crippen LogP contribution in [0.2, 0.25) is 5.82 Å². The lowest BCUT2D eigenvalue weighted by Crippen LogP contribution is -2.10. The molecule has 0 saturated heterocycles. The summed E-state index contributed by atoms with van der Waals surface area (Å²) < 4.78 is 0. The second-order valence-electron chi connectivity index (χ2n) is 2.52. The Morgan fingerprint density at radius 2 is 2.12 bits per heavy atom. The van der Waals surface area contributed by atoms with Gasteiger partial charge in [0.05, 0.1) is 7.85 Å². The van der Waals surface area contributed by atoms with E-state index in [4.69, 9.17) is 19.4 Å². The van der Waals surface area contributed by atoms with Gasteiger partial charge >= 0.3 is 0 Å².